The number of Topliss-reactive ketones (excluding diaryl/α,β-unsaturated/α-hetero) is 1. The van der Waals surface area contributed by atoms with Crippen LogP contribution in [0.15, 0.2) is 47.4 Å². The highest BCUT2D eigenvalue weighted by atomic mass is 35.5. The van der Waals surface area contributed by atoms with Gasteiger partial charge in [-0.2, -0.15) is 0 Å². The normalized spacial score (nSPS) is 23.4. The first kappa shape index (κ1) is 23.3. The number of hydrogen-bond donors (Lipinski definition) is 0. The molecule has 0 saturated carbocycles. The van der Waals surface area contributed by atoms with Gasteiger partial charge in [-0.15, -0.1) is 0 Å². The molecular weight excluding hydrogens is 476 g/mol. The van der Waals surface area contributed by atoms with E-state index in [9.17, 15) is 18.0 Å². The number of sulfone groups is 1. The Balaban J connectivity index is 1.22. The molecule has 0 radical (unpaired) electrons. The fourth-order valence-electron chi connectivity index (χ4n) is 5.17. The van der Waals surface area contributed by atoms with Crippen LogP contribution >= 0.6 is 11.6 Å². The monoisotopic (exact) mass is 502 g/mol. The first-order valence-electron chi connectivity index (χ1n) is 11.5. The number of likely N-dealkylation sites (tertiary alicyclic amines) is 2. The van der Waals surface area contributed by atoms with Crippen molar-refractivity contribution in [3.8, 4) is 11.1 Å². The van der Waals surface area contributed by atoms with Crippen LogP contribution in [-0.4, -0.2) is 75.2 Å². The average Bonchev–Trinajstić information content (AvgIpc) is 2.77. The molecule has 0 aromatic heterocycles. The van der Waals surface area contributed by atoms with Gasteiger partial charge in [0.1, 0.15) is 6.61 Å². The first-order valence-corrected chi connectivity index (χ1v) is 13.7. The maximum atomic E-state index is 13.0. The lowest BCUT2D eigenvalue weighted by molar-refractivity contribution is -0.140. The van der Waals surface area contributed by atoms with Crippen molar-refractivity contribution >= 4 is 33.3 Å². The highest BCUT2D eigenvalue weighted by molar-refractivity contribution is 7.90. The Hall–Kier alpha value is -2.42. The fraction of sp³-hybridized carbons (Fsp3) is 0.440. The van der Waals surface area contributed by atoms with Crippen LogP contribution in [0.4, 0.5) is 4.79 Å². The molecule has 2 atom stereocenters. The third-order valence-corrected chi connectivity index (χ3v) is 8.44. The lowest BCUT2D eigenvalue weighted by atomic mass is 9.87. The van der Waals surface area contributed by atoms with E-state index in [-0.39, 0.29) is 41.3 Å². The van der Waals surface area contributed by atoms with Gasteiger partial charge in [0.2, 0.25) is 0 Å². The summed E-state index contributed by atoms with van der Waals surface area (Å²) in [7, 11) is -3.42. The number of benzene rings is 2. The third kappa shape index (κ3) is 4.59. The van der Waals surface area contributed by atoms with Gasteiger partial charge in [-0.1, -0.05) is 41.9 Å². The van der Waals surface area contributed by atoms with Crippen molar-refractivity contribution in [3.63, 3.8) is 0 Å². The van der Waals surface area contributed by atoms with Crippen LogP contribution in [0.2, 0.25) is 5.02 Å². The second-order valence-electron chi connectivity index (χ2n) is 9.51. The summed E-state index contributed by atoms with van der Waals surface area (Å²) < 4.78 is 30.1. The zero-order valence-electron chi connectivity index (χ0n) is 18.9. The van der Waals surface area contributed by atoms with Crippen LogP contribution in [0.5, 0.6) is 0 Å². The molecule has 180 valence electrons. The molecule has 9 heteroatoms. The number of carbonyl (C=O) groups is 2. The molecule has 7 nitrogen and oxygen atoms in total. The largest absolute Gasteiger partial charge is 0.370 e. The van der Waals surface area contributed by atoms with E-state index >= 15 is 0 Å². The van der Waals surface area contributed by atoms with Crippen LogP contribution in [0.3, 0.4) is 0 Å². The summed E-state index contributed by atoms with van der Waals surface area (Å²) in [6, 6.07) is 12.8. The van der Waals surface area contributed by atoms with Gasteiger partial charge in [0.15, 0.2) is 15.6 Å². The minimum absolute atomic E-state index is 0.0308. The molecule has 34 heavy (non-hydrogen) atoms. The van der Waals surface area contributed by atoms with Gasteiger partial charge >= 0.3 is 6.03 Å². The van der Waals surface area contributed by atoms with Gasteiger partial charge in [-0.25, -0.2) is 13.2 Å². The van der Waals surface area contributed by atoms with Gasteiger partial charge in [-0.3, -0.25) is 4.79 Å². The summed E-state index contributed by atoms with van der Waals surface area (Å²) in [5.41, 5.74) is 2.55. The maximum Gasteiger partial charge on any atom is 0.320 e. The number of amides is 2. The van der Waals surface area contributed by atoms with E-state index in [0.717, 1.165) is 17.5 Å². The number of nitrogens with zero attached hydrogens (tertiary/aromatic N) is 2. The van der Waals surface area contributed by atoms with Crippen LogP contribution in [0, 0.1) is 5.92 Å². The Morgan fingerprint density at radius 2 is 1.79 bits per heavy atom. The molecule has 3 heterocycles. The van der Waals surface area contributed by atoms with E-state index in [4.69, 9.17) is 16.3 Å². The number of halogens is 1. The number of piperidine rings is 1. The van der Waals surface area contributed by atoms with Crippen molar-refractivity contribution in [3.05, 3.63) is 53.1 Å². The molecule has 2 amide bonds. The molecule has 0 N–H and O–H groups in total. The van der Waals surface area contributed by atoms with Gasteiger partial charge in [0.25, 0.3) is 0 Å². The number of rotatable bonds is 3. The van der Waals surface area contributed by atoms with Crippen molar-refractivity contribution in [1.29, 1.82) is 0 Å². The second-order valence-corrected chi connectivity index (χ2v) is 11.9. The highest BCUT2D eigenvalue weighted by Gasteiger charge is 2.40. The molecule has 0 bridgehead atoms. The minimum Gasteiger partial charge on any atom is -0.370 e. The molecule has 5 rings (SSSR count). The topological polar surface area (TPSA) is 84.0 Å². The number of ketones is 1. The number of hydrogen-bond acceptors (Lipinski definition) is 5. The van der Waals surface area contributed by atoms with E-state index in [2.05, 4.69) is 0 Å². The van der Waals surface area contributed by atoms with E-state index in [1.54, 1.807) is 12.1 Å². The van der Waals surface area contributed by atoms with Crippen molar-refractivity contribution in [2.75, 3.05) is 39.0 Å². The Bertz CT molecular complexity index is 1220. The van der Waals surface area contributed by atoms with Gasteiger partial charge in [-0.05, 0) is 29.7 Å². The van der Waals surface area contributed by atoms with Crippen molar-refractivity contribution in [1.82, 2.24) is 9.80 Å². The fourth-order valence-corrected chi connectivity index (χ4v) is 6.34. The van der Waals surface area contributed by atoms with Gasteiger partial charge in [0.05, 0.1) is 11.0 Å². The Morgan fingerprint density at radius 3 is 2.50 bits per heavy atom. The highest BCUT2D eigenvalue weighted by Crippen LogP contribution is 2.34. The molecule has 2 aromatic carbocycles. The van der Waals surface area contributed by atoms with Crippen molar-refractivity contribution in [2.45, 2.75) is 29.8 Å². The standard InChI is InChI=1S/C25H27ClN2O5S/c1-34(31,32)24-11-20(26)6-7-22(24)17-4-2-16(3-5-17)19-13-28(14-19)25(30)27-9-8-23-18(12-27)10-21(29)15-33-23/h2-7,11,18-19,23H,8-10,12-15H2,1H3/t18-,23+/m1/s1. The first-order chi connectivity index (χ1) is 16.2. The van der Waals surface area contributed by atoms with Gasteiger partial charge in [0, 0.05) is 61.3 Å². The van der Waals surface area contributed by atoms with E-state index in [1.165, 1.54) is 12.3 Å². The lowest BCUT2D eigenvalue weighted by Crippen LogP contribution is -2.58. The Labute approximate surface area is 204 Å². The predicted octanol–water partition coefficient (Wildman–Crippen LogP) is 3.61. The summed E-state index contributed by atoms with van der Waals surface area (Å²) in [5, 5.41) is 0.381. The van der Waals surface area contributed by atoms with E-state index in [1.807, 2.05) is 34.1 Å². The molecule has 3 aliphatic heterocycles. The van der Waals surface area contributed by atoms with Crippen molar-refractivity contribution in [2.24, 2.45) is 5.92 Å². The Morgan fingerprint density at radius 1 is 1.06 bits per heavy atom. The minimum atomic E-state index is -3.42. The number of urea groups is 1. The predicted molar refractivity (Wildman–Crippen MR) is 129 cm³/mol. The summed E-state index contributed by atoms with van der Waals surface area (Å²) in [6.07, 6.45) is 2.55. The summed E-state index contributed by atoms with van der Waals surface area (Å²) in [5.74, 6) is 0.466. The molecule has 2 aromatic rings. The van der Waals surface area contributed by atoms with Crippen LogP contribution in [0.1, 0.15) is 24.3 Å². The maximum absolute atomic E-state index is 13.0. The quantitative estimate of drug-likeness (QED) is 0.640. The number of carbonyl (C=O) groups excluding carboxylic acids is 2. The van der Waals surface area contributed by atoms with E-state index in [0.29, 0.717) is 43.2 Å². The SMILES string of the molecule is CS(=O)(=O)c1cc(Cl)ccc1-c1ccc(C2CN(C(=O)N3CC[C@@H]4OCC(=O)C[C@@H]4C3)C2)cc1. The zero-order chi connectivity index (χ0) is 24.0. The van der Waals surface area contributed by atoms with Crippen LogP contribution < -0.4 is 0 Å². The summed E-state index contributed by atoms with van der Waals surface area (Å²) in [6.45, 7) is 2.74. The molecule has 3 fully saturated rings. The summed E-state index contributed by atoms with van der Waals surface area (Å²) in [4.78, 5) is 28.6. The van der Waals surface area contributed by atoms with Gasteiger partial charge < -0.3 is 14.5 Å². The average molecular weight is 503 g/mol. The van der Waals surface area contributed by atoms with Crippen molar-refractivity contribution < 1.29 is 22.7 Å². The zero-order valence-corrected chi connectivity index (χ0v) is 20.5. The number of fused-ring (bicyclic) bond motifs is 1. The summed E-state index contributed by atoms with van der Waals surface area (Å²) >= 11 is 6.02. The van der Waals surface area contributed by atoms with E-state index < -0.39 is 9.84 Å². The molecule has 0 spiro atoms. The lowest BCUT2D eigenvalue weighted by Gasteiger charge is -2.46. The molecular formula is C25H27ClN2O5S. The third-order valence-electron chi connectivity index (χ3n) is 7.07. The molecule has 3 aliphatic rings. The van der Waals surface area contributed by atoms with Crippen LogP contribution in [0.25, 0.3) is 11.1 Å². The molecule has 0 unspecified atom stereocenters. The second kappa shape index (κ2) is 8.98. The Kier molecular flexibility index (Phi) is 6.16. The number of ether oxygens (including phenoxy) is 1. The molecule has 0 aliphatic carbocycles. The molecule has 3 saturated heterocycles. The smallest absolute Gasteiger partial charge is 0.320 e. The van der Waals surface area contributed by atoms with Crippen LogP contribution in [-0.2, 0) is 19.4 Å².